The summed E-state index contributed by atoms with van der Waals surface area (Å²) in [7, 11) is -3.24. The van der Waals surface area contributed by atoms with Crippen molar-refractivity contribution in [3.8, 4) is 17.3 Å². The highest BCUT2D eigenvalue weighted by atomic mass is 35.5. The summed E-state index contributed by atoms with van der Waals surface area (Å²) < 4.78 is 53.2. The fraction of sp³-hybridized carbons (Fsp3) is 0.211. The first kappa shape index (κ1) is 20.3. The van der Waals surface area contributed by atoms with Crippen LogP contribution < -0.4 is 10.3 Å². The lowest BCUT2D eigenvalue weighted by Crippen LogP contribution is -2.41. The second kappa shape index (κ2) is 7.34. The van der Waals surface area contributed by atoms with Crippen molar-refractivity contribution < 1.29 is 17.2 Å². The van der Waals surface area contributed by atoms with Gasteiger partial charge in [-0.05, 0) is 6.07 Å². The molecule has 0 aliphatic carbocycles. The van der Waals surface area contributed by atoms with E-state index in [1.54, 1.807) is 0 Å². The van der Waals surface area contributed by atoms with Crippen LogP contribution in [0.1, 0.15) is 5.69 Å². The number of rotatable bonds is 2. The Morgan fingerprint density at radius 2 is 1.90 bits per heavy atom. The Balaban J connectivity index is 1.87. The molecule has 0 atom stereocenters. The van der Waals surface area contributed by atoms with Crippen LogP contribution in [0.15, 0.2) is 29.2 Å². The van der Waals surface area contributed by atoms with Gasteiger partial charge in [0.2, 0.25) is 0 Å². The number of fused-ring (bicyclic) bond motifs is 1. The Labute approximate surface area is 174 Å². The second-order valence-electron chi connectivity index (χ2n) is 6.79. The van der Waals surface area contributed by atoms with Crippen molar-refractivity contribution in [1.82, 2.24) is 9.97 Å². The van der Waals surface area contributed by atoms with Crippen molar-refractivity contribution >= 4 is 38.0 Å². The van der Waals surface area contributed by atoms with Gasteiger partial charge >= 0.3 is 0 Å². The predicted octanol–water partition coefficient (Wildman–Crippen LogP) is 2.63. The first-order chi connectivity index (χ1) is 14.2. The van der Waals surface area contributed by atoms with Gasteiger partial charge in [0.25, 0.3) is 0 Å². The number of aromatic amines is 1. The van der Waals surface area contributed by atoms with Crippen molar-refractivity contribution in [2.75, 3.05) is 29.5 Å². The number of aromatic nitrogens is 2. The SMILES string of the molecule is N#Cc1cc(-c2cc(=O)c3c(F)c(N4CCS(=O)(=O)CC4)c(F)cc3[nH]2)c(Cl)cn1. The van der Waals surface area contributed by atoms with E-state index >= 15 is 4.39 Å². The summed E-state index contributed by atoms with van der Waals surface area (Å²) in [5.41, 5.74) is -0.714. The van der Waals surface area contributed by atoms with Crippen LogP contribution in [-0.4, -0.2) is 43.0 Å². The molecule has 3 heterocycles. The lowest BCUT2D eigenvalue weighted by Gasteiger charge is -2.29. The van der Waals surface area contributed by atoms with E-state index in [1.165, 1.54) is 17.2 Å². The minimum Gasteiger partial charge on any atom is -0.365 e. The van der Waals surface area contributed by atoms with Gasteiger partial charge in [-0.1, -0.05) is 11.6 Å². The molecule has 1 saturated heterocycles. The van der Waals surface area contributed by atoms with Gasteiger partial charge in [0.15, 0.2) is 26.9 Å². The van der Waals surface area contributed by atoms with Gasteiger partial charge in [0.1, 0.15) is 17.5 Å². The fourth-order valence-corrected chi connectivity index (χ4v) is 4.82. The second-order valence-corrected chi connectivity index (χ2v) is 9.50. The molecule has 154 valence electrons. The number of pyridine rings is 2. The summed E-state index contributed by atoms with van der Waals surface area (Å²) in [5, 5.41) is 8.81. The number of benzene rings is 1. The molecule has 0 saturated carbocycles. The van der Waals surface area contributed by atoms with Gasteiger partial charge in [-0.3, -0.25) is 4.79 Å². The van der Waals surface area contributed by atoms with Gasteiger partial charge in [0, 0.05) is 37.0 Å². The normalized spacial score (nSPS) is 15.9. The van der Waals surface area contributed by atoms with Crippen LogP contribution in [-0.2, 0) is 9.84 Å². The van der Waals surface area contributed by atoms with Crippen molar-refractivity contribution in [1.29, 1.82) is 5.26 Å². The smallest absolute Gasteiger partial charge is 0.193 e. The molecule has 1 fully saturated rings. The zero-order chi connectivity index (χ0) is 21.6. The molecule has 0 radical (unpaired) electrons. The molecule has 0 bridgehead atoms. The number of sulfone groups is 1. The molecule has 4 rings (SSSR count). The highest BCUT2D eigenvalue weighted by Crippen LogP contribution is 2.32. The third-order valence-electron chi connectivity index (χ3n) is 4.91. The molecule has 2 aromatic heterocycles. The number of hydrogen-bond acceptors (Lipinski definition) is 6. The number of nitrogens with one attached hydrogen (secondary N) is 1. The third kappa shape index (κ3) is 3.51. The van der Waals surface area contributed by atoms with E-state index in [1.807, 2.05) is 6.07 Å². The monoisotopic (exact) mass is 450 g/mol. The van der Waals surface area contributed by atoms with E-state index in [2.05, 4.69) is 9.97 Å². The Morgan fingerprint density at radius 1 is 1.20 bits per heavy atom. The standard InChI is InChI=1S/C19H13ClF2N4O3S/c20-12-9-24-10(8-23)5-11(12)14-7-16(27)17-15(25-14)6-13(21)19(18(17)22)26-1-3-30(28,29)4-2-26/h5-7,9H,1-4H2,(H,25,27). The molecular formula is C19H13ClF2N4O3S. The largest absolute Gasteiger partial charge is 0.365 e. The maximum absolute atomic E-state index is 15.2. The van der Waals surface area contributed by atoms with Crippen LogP contribution in [0.2, 0.25) is 5.02 Å². The first-order valence-electron chi connectivity index (χ1n) is 8.76. The van der Waals surface area contributed by atoms with Crippen LogP contribution in [0.25, 0.3) is 22.2 Å². The molecule has 1 N–H and O–H groups in total. The molecule has 30 heavy (non-hydrogen) atoms. The van der Waals surface area contributed by atoms with Crippen LogP contribution in [0.5, 0.6) is 0 Å². The van der Waals surface area contributed by atoms with Gasteiger partial charge in [0.05, 0.1) is 33.1 Å². The maximum Gasteiger partial charge on any atom is 0.193 e. The Hall–Kier alpha value is -3.03. The first-order valence-corrected chi connectivity index (χ1v) is 11.0. The number of anilines is 1. The lowest BCUT2D eigenvalue weighted by molar-refractivity contribution is 0.566. The number of nitrogens with zero attached hydrogens (tertiary/aromatic N) is 3. The molecule has 7 nitrogen and oxygen atoms in total. The summed E-state index contributed by atoms with van der Waals surface area (Å²) in [6, 6.07) is 5.31. The van der Waals surface area contributed by atoms with Gasteiger partial charge in [-0.25, -0.2) is 22.2 Å². The van der Waals surface area contributed by atoms with E-state index < -0.39 is 32.6 Å². The van der Waals surface area contributed by atoms with Gasteiger partial charge < -0.3 is 9.88 Å². The predicted molar refractivity (Wildman–Crippen MR) is 108 cm³/mol. The lowest BCUT2D eigenvalue weighted by atomic mass is 10.1. The summed E-state index contributed by atoms with van der Waals surface area (Å²) in [6.07, 6.45) is 1.24. The molecule has 0 spiro atoms. The zero-order valence-corrected chi connectivity index (χ0v) is 16.8. The van der Waals surface area contributed by atoms with E-state index in [9.17, 15) is 17.6 Å². The van der Waals surface area contributed by atoms with E-state index in [-0.39, 0.29) is 57.5 Å². The van der Waals surface area contributed by atoms with Crippen LogP contribution >= 0.6 is 11.6 Å². The van der Waals surface area contributed by atoms with Crippen LogP contribution in [0.4, 0.5) is 14.5 Å². The van der Waals surface area contributed by atoms with Crippen molar-refractivity contribution in [2.45, 2.75) is 0 Å². The topological polar surface area (TPSA) is 107 Å². The zero-order valence-electron chi connectivity index (χ0n) is 15.2. The quantitative estimate of drug-likeness (QED) is 0.643. The molecule has 11 heteroatoms. The van der Waals surface area contributed by atoms with E-state index in [0.717, 1.165) is 12.1 Å². The van der Waals surface area contributed by atoms with Gasteiger partial charge in [-0.2, -0.15) is 5.26 Å². The minimum absolute atomic E-state index is 0.0584. The van der Waals surface area contributed by atoms with Crippen molar-refractivity contribution in [3.05, 3.63) is 57.0 Å². The molecular weight excluding hydrogens is 438 g/mol. The Bertz CT molecular complexity index is 1390. The average molecular weight is 451 g/mol. The van der Waals surface area contributed by atoms with Crippen molar-refractivity contribution in [2.24, 2.45) is 0 Å². The third-order valence-corrected chi connectivity index (χ3v) is 6.82. The van der Waals surface area contributed by atoms with Gasteiger partial charge in [-0.15, -0.1) is 0 Å². The highest BCUT2D eigenvalue weighted by molar-refractivity contribution is 7.91. The minimum atomic E-state index is -3.24. The fourth-order valence-electron chi connectivity index (χ4n) is 3.41. The maximum atomic E-state index is 15.2. The molecule has 3 aromatic rings. The van der Waals surface area contributed by atoms with Crippen LogP contribution in [0, 0.1) is 23.0 Å². The number of hydrogen-bond donors (Lipinski definition) is 1. The number of halogens is 3. The summed E-state index contributed by atoms with van der Waals surface area (Å²) in [6.45, 7) is -0.136. The molecule has 1 aliphatic heterocycles. The number of H-pyrrole nitrogens is 1. The number of nitriles is 1. The van der Waals surface area contributed by atoms with Crippen molar-refractivity contribution in [3.63, 3.8) is 0 Å². The Morgan fingerprint density at radius 3 is 2.57 bits per heavy atom. The Kier molecular flexibility index (Phi) is 4.95. The summed E-state index contributed by atoms with van der Waals surface area (Å²) in [4.78, 5) is 20.6. The molecule has 0 amide bonds. The summed E-state index contributed by atoms with van der Waals surface area (Å²) in [5.74, 6) is -2.43. The molecule has 1 aromatic carbocycles. The highest BCUT2D eigenvalue weighted by Gasteiger charge is 2.28. The molecule has 0 unspecified atom stereocenters. The molecule has 1 aliphatic rings. The summed E-state index contributed by atoms with van der Waals surface area (Å²) >= 11 is 6.11. The van der Waals surface area contributed by atoms with E-state index in [4.69, 9.17) is 16.9 Å². The average Bonchev–Trinajstić information content (AvgIpc) is 2.68. The van der Waals surface area contributed by atoms with E-state index in [0.29, 0.717) is 0 Å². The van der Waals surface area contributed by atoms with Crippen LogP contribution in [0.3, 0.4) is 0 Å².